The SMILES string of the molecule is CC(O)c1cnc(C(=O)N[C@H]2CCN(c3nccn4ccnc34)C2)nc1.Cc1cn2ccnc2c(N2CC[C@H](NC(=O)c3cn(-c4ccccc4)cn3)C2)n1.Cc1cn2cnnc2c(N2CC[C@H](NC(=O)c3cn(-c4ccccc4)cn3)C2)n1.O=C(N[C@H]1CCN(c2nccn3ccnc23)C1)c1csc(N2CCCC2)n1. The number of aliphatic hydroxyl groups is 1. The first kappa shape index (κ1) is 72.0. The van der Waals surface area contributed by atoms with Crippen LogP contribution < -0.4 is 45.8 Å². The number of amides is 4. The van der Waals surface area contributed by atoms with Crippen LogP contribution in [-0.4, -0.2) is 215 Å². The lowest BCUT2D eigenvalue weighted by atomic mass is 10.2. The number of carbonyl (C=O) groups excluding carboxylic acids is 4. The zero-order valence-electron chi connectivity index (χ0n) is 61.2. The summed E-state index contributed by atoms with van der Waals surface area (Å²) in [5.74, 6) is 2.70. The number of nitrogens with one attached hydrogen (secondary N) is 4. The molecule has 5 aliphatic heterocycles. The molecule has 0 aliphatic carbocycles. The number of thiazole rings is 1. The number of anilines is 5. The summed E-state index contributed by atoms with van der Waals surface area (Å²) in [6.07, 6.45) is 38.7. The number of hydrogen-bond donors (Lipinski definition) is 5. The molecule has 14 aromatic rings. The Kier molecular flexibility index (Phi) is 21.0. The topological polar surface area (TPSA) is 361 Å². The quantitative estimate of drug-likeness (QED) is 0.0715. The molecule has 1 unspecified atom stereocenters. The lowest BCUT2D eigenvalue weighted by molar-refractivity contribution is 0.0922. The van der Waals surface area contributed by atoms with Gasteiger partial charge >= 0.3 is 0 Å². The van der Waals surface area contributed by atoms with Crippen molar-refractivity contribution in [3.05, 3.63) is 224 Å². The number of aryl methyl sites for hydroxylation is 2. The molecule has 0 bridgehead atoms. The molecule has 19 rings (SSSR count). The van der Waals surface area contributed by atoms with E-state index < -0.39 is 6.10 Å². The summed E-state index contributed by atoms with van der Waals surface area (Å²) in [6.45, 7) is 13.6. The summed E-state index contributed by atoms with van der Waals surface area (Å²) < 4.78 is 11.4. The van der Waals surface area contributed by atoms with Crippen molar-refractivity contribution in [1.82, 2.24) is 118 Å². The van der Waals surface area contributed by atoms with Crippen molar-refractivity contribution < 1.29 is 24.3 Å². The summed E-state index contributed by atoms with van der Waals surface area (Å²) in [5.41, 5.74) is 8.90. The fourth-order valence-electron chi connectivity index (χ4n) is 14.3. The van der Waals surface area contributed by atoms with Crippen molar-refractivity contribution in [2.45, 2.75) is 89.6 Å². The number of para-hydroxylation sites is 2. The number of fused-ring (bicyclic) bond motifs is 4. The monoisotopic (exact) mass is 1510 g/mol. The van der Waals surface area contributed by atoms with Gasteiger partial charge in [-0.1, -0.05) is 36.4 Å². The molecule has 5 N–H and O–H groups in total. The molecule has 5 saturated heterocycles. The fourth-order valence-corrected chi connectivity index (χ4v) is 15.2. The molecule has 0 spiro atoms. The molecule has 5 aliphatic rings. The summed E-state index contributed by atoms with van der Waals surface area (Å²) in [4.78, 5) is 114. The molecule has 12 aromatic heterocycles. The van der Waals surface area contributed by atoms with Gasteiger partial charge in [-0.2, -0.15) is 0 Å². The summed E-state index contributed by atoms with van der Waals surface area (Å²) in [7, 11) is 0. The Morgan fingerprint density at radius 3 is 1.35 bits per heavy atom. The average molecular weight is 1510 g/mol. The van der Waals surface area contributed by atoms with Crippen LogP contribution in [0.5, 0.6) is 0 Å². The zero-order valence-corrected chi connectivity index (χ0v) is 62.0. The molecule has 5 fully saturated rings. The lowest BCUT2D eigenvalue weighted by Gasteiger charge is -2.19. The van der Waals surface area contributed by atoms with E-state index in [0.29, 0.717) is 42.3 Å². The molecule has 17 heterocycles. The second kappa shape index (κ2) is 32.3. The minimum atomic E-state index is -0.659. The first-order chi connectivity index (χ1) is 54.2. The molecular weight excluding hydrogens is 1430 g/mol. The first-order valence-electron chi connectivity index (χ1n) is 36.9. The van der Waals surface area contributed by atoms with Gasteiger partial charge in [-0.05, 0) is 83.6 Å². The smallest absolute Gasteiger partial charge is 0.289 e. The second-order valence-electron chi connectivity index (χ2n) is 27.8. The van der Waals surface area contributed by atoms with E-state index >= 15 is 0 Å². The Balaban J connectivity index is 0.000000112. The van der Waals surface area contributed by atoms with Crippen LogP contribution in [0.3, 0.4) is 0 Å². The van der Waals surface area contributed by atoms with Crippen LogP contribution in [0.15, 0.2) is 184 Å². The number of aliphatic hydroxyl groups excluding tert-OH is 1. The van der Waals surface area contributed by atoms with Gasteiger partial charge in [0.2, 0.25) is 11.5 Å². The molecule has 34 nitrogen and oxygen atoms in total. The minimum Gasteiger partial charge on any atom is -0.389 e. The largest absolute Gasteiger partial charge is 0.389 e. The Hall–Kier alpha value is -13.2. The van der Waals surface area contributed by atoms with Crippen molar-refractivity contribution in [2.75, 3.05) is 89.9 Å². The third-order valence-electron chi connectivity index (χ3n) is 19.9. The first-order valence-corrected chi connectivity index (χ1v) is 37.8. The van der Waals surface area contributed by atoms with Crippen LogP contribution in [0.4, 0.5) is 28.4 Å². The number of nitrogens with zero attached hydrogens (tertiary/aromatic N) is 25. The molecule has 4 amide bonds. The van der Waals surface area contributed by atoms with E-state index in [1.165, 1.54) is 25.2 Å². The van der Waals surface area contributed by atoms with Crippen LogP contribution in [0.25, 0.3) is 34.0 Å². The molecule has 0 saturated carbocycles. The van der Waals surface area contributed by atoms with Gasteiger partial charge < -0.3 is 73.2 Å². The highest BCUT2D eigenvalue weighted by molar-refractivity contribution is 7.14. The van der Waals surface area contributed by atoms with Crippen molar-refractivity contribution >= 4 is 86.0 Å². The molecule has 5 atom stereocenters. The van der Waals surface area contributed by atoms with E-state index in [1.54, 1.807) is 80.6 Å². The number of carbonyl (C=O) groups is 4. The van der Waals surface area contributed by atoms with Crippen molar-refractivity contribution in [2.24, 2.45) is 0 Å². The van der Waals surface area contributed by atoms with E-state index in [4.69, 9.17) is 0 Å². The van der Waals surface area contributed by atoms with Crippen molar-refractivity contribution in [1.29, 1.82) is 0 Å². The third kappa shape index (κ3) is 16.3. The van der Waals surface area contributed by atoms with Gasteiger partial charge in [0.15, 0.2) is 45.3 Å². The van der Waals surface area contributed by atoms with E-state index in [2.05, 4.69) is 116 Å². The Morgan fingerprint density at radius 2 is 0.865 bits per heavy atom. The molecule has 566 valence electrons. The highest BCUT2D eigenvalue weighted by Gasteiger charge is 2.33. The predicted molar refractivity (Wildman–Crippen MR) is 415 cm³/mol. The zero-order chi connectivity index (χ0) is 75.9. The van der Waals surface area contributed by atoms with Gasteiger partial charge in [-0.3, -0.25) is 23.6 Å². The molecule has 0 radical (unpaired) electrons. The molecular formula is C76H81N29O5S. The van der Waals surface area contributed by atoms with Gasteiger partial charge in [0.05, 0.1) is 17.5 Å². The number of hydrogen-bond acceptors (Lipinski definition) is 25. The van der Waals surface area contributed by atoms with Crippen molar-refractivity contribution in [3.63, 3.8) is 0 Å². The predicted octanol–water partition coefficient (Wildman–Crippen LogP) is 6.24. The van der Waals surface area contributed by atoms with E-state index in [1.807, 2.05) is 150 Å². The average Bonchev–Trinajstić information content (AvgIpc) is 1.68. The Bertz CT molecular complexity index is 5390. The van der Waals surface area contributed by atoms with E-state index in [0.717, 1.165) is 145 Å². The number of benzene rings is 2. The normalized spacial score (nSPS) is 17.7. The number of rotatable bonds is 16. The Morgan fingerprint density at radius 1 is 0.441 bits per heavy atom. The maximum absolute atomic E-state index is 12.7. The highest BCUT2D eigenvalue weighted by Crippen LogP contribution is 2.29. The molecule has 35 heteroatoms. The highest BCUT2D eigenvalue weighted by atomic mass is 32.1. The lowest BCUT2D eigenvalue weighted by Crippen LogP contribution is -2.38. The fraction of sp³-hybridized carbons (Fsp3) is 0.316. The summed E-state index contributed by atoms with van der Waals surface area (Å²) in [6, 6.07) is 19.8. The minimum absolute atomic E-state index is 0.0143. The van der Waals surface area contributed by atoms with E-state index in [-0.39, 0.29) is 53.6 Å². The van der Waals surface area contributed by atoms with Crippen LogP contribution in [0.2, 0.25) is 0 Å². The van der Waals surface area contributed by atoms with E-state index in [9.17, 15) is 24.3 Å². The standard InChI is InChI=1S/C21H21N7O.C20H20N8O.C18H21N7OS.C17H19N7O2/c1-15-11-27-10-8-22-19(27)20(24-15)26-9-7-16(12-26)25-21(29)18-13-28(14-23-18)17-5-3-2-4-6-17;1-14-9-28-13-22-25-19(28)18(23-14)26-8-7-15(10-26)24-20(29)17-11-27(12-21-17)16-5-3-2-4-6-16;26-17(14-12-27-18(22-14)24-6-1-2-7-24)21-13-3-8-25(11-13)16-15-19-4-9-23(15)10-5-20-16;1-11(25)12-8-20-14(21-9-12)17(26)22-13-2-5-24(10-13)16-15-18-3-6-23(15)7-4-19-16/h2-6,8,10-11,13-14,16H,7,9,12H2,1H3,(H,25,29);2-6,9,11-13,15H,7-8,10H2,1H3,(H,24,29);4-5,9-10,12-13H,1-3,6-8,11H2,(H,21,26);3-4,6-9,11,13,25H,2,5,10H2,1H3,(H,22,26)/t16-;15-;13-;11?,13-/m0000/s1. The Labute approximate surface area is 640 Å². The third-order valence-corrected chi connectivity index (χ3v) is 20.8. The van der Waals surface area contributed by atoms with Gasteiger partial charge in [0, 0.05) is 211 Å². The van der Waals surface area contributed by atoms with Gasteiger partial charge in [0.1, 0.15) is 36.1 Å². The van der Waals surface area contributed by atoms with Crippen LogP contribution in [-0.2, 0) is 0 Å². The van der Waals surface area contributed by atoms with Crippen LogP contribution >= 0.6 is 11.3 Å². The molecule has 111 heavy (non-hydrogen) atoms. The second-order valence-corrected chi connectivity index (χ2v) is 28.6. The number of aromatic nitrogens is 20. The van der Waals surface area contributed by atoms with Gasteiger partial charge in [0.25, 0.3) is 23.6 Å². The van der Waals surface area contributed by atoms with Crippen molar-refractivity contribution in [3.8, 4) is 11.4 Å². The van der Waals surface area contributed by atoms with Crippen LogP contribution in [0.1, 0.15) is 111 Å². The summed E-state index contributed by atoms with van der Waals surface area (Å²) >= 11 is 1.56. The number of imidazole rings is 5. The summed E-state index contributed by atoms with van der Waals surface area (Å²) in [5, 5.41) is 32.7. The maximum atomic E-state index is 12.7. The molecule has 2 aromatic carbocycles. The van der Waals surface area contributed by atoms with Gasteiger partial charge in [-0.25, -0.2) is 59.8 Å². The maximum Gasteiger partial charge on any atom is 0.289 e. The van der Waals surface area contributed by atoms with Crippen LogP contribution in [0, 0.1) is 13.8 Å². The van der Waals surface area contributed by atoms with Gasteiger partial charge in [-0.15, -0.1) is 21.5 Å².